The summed E-state index contributed by atoms with van der Waals surface area (Å²) in [7, 11) is 3.36. The number of carbonyl (C=O) groups is 1. The molecule has 0 spiro atoms. The Hall–Kier alpha value is -1.39. The van der Waals surface area contributed by atoms with Crippen molar-refractivity contribution in [3.8, 4) is 0 Å². The number of para-hydroxylation sites is 1. The lowest BCUT2D eigenvalue weighted by Gasteiger charge is -2.32. The van der Waals surface area contributed by atoms with Crippen molar-refractivity contribution in [1.82, 2.24) is 0 Å². The molecule has 19 heavy (non-hydrogen) atoms. The fourth-order valence-electron chi connectivity index (χ4n) is 2.12. The number of hydrogen-bond acceptors (Lipinski definition) is 4. The van der Waals surface area contributed by atoms with Gasteiger partial charge in [0.1, 0.15) is 0 Å². The topological polar surface area (TPSA) is 38.8 Å². The molecule has 0 fully saturated rings. The molecule has 0 amide bonds. The minimum atomic E-state index is 0.0719. The van der Waals surface area contributed by atoms with Gasteiger partial charge in [0.2, 0.25) is 0 Å². The van der Waals surface area contributed by atoms with Crippen LogP contribution in [0.1, 0.15) is 24.2 Å². The lowest BCUT2D eigenvalue weighted by molar-refractivity contribution is 0.101. The van der Waals surface area contributed by atoms with Gasteiger partial charge in [0.05, 0.1) is 13.2 Å². The molecule has 0 radical (unpaired) electrons. The third kappa shape index (κ3) is 4.33. The van der Waals surface area contributed by atoms with E-state index in [0.717, 1.165) is 17.8 Å². The average molecular weight is 265 g/mol. The molecule has 1 atom stereocenters. The maximum Gasteiger partial charge on any atom is 0.161 e. The Labute approximate surface area is 115 Å². The molecule has 1 aromatic rings. The molecule has 0 aliphatic carbocycles. The highest BCUT2D eigenvalue weighted by Crippen LogP contribution is 2.23. The molecule has 0 bridgehead atoms. The summed E-state index contributed by atoms with van der Waals surface area (Å²) in [5, 5.41) is 0. The number of carbonyl (C=O) groups excluding carboxylic acids is 1. The monoisotopic (exact) mass is 265 g/mol. The van der Waals surface area contributed by atoms with Gasteiger partial charge in [-0.3, -0.25) is 4.79 Å². The van der Waals surface area contributed by atoms with E-state index < -0.39 is 0 Å². The average Bonchev–Trinajstić information content (AvgIpc) is 2.40. The Morgan fingerprint density at radius 2 is 1.95 bits per heavy atom. The highest BCUT2D eigenvalue weighted by Gasteiger charge is 2.18. The molecule has 0 N–H and O–H groups in total. The van der Waals surface area contributed by atoms with Gasteiger partial charge >= 0.3 is 0 Å². The molecule has 4 heteroatoms. The lowest BCUT2D eigenvalue weighted by atomic mass is 10.1. The number of ether oxygens (including phenoxy) is 2. The Bertz CT molecular complexity index is 406. The van der Waals surface area contributed by atoms with Crippen molar-refractivity contribution in [2.24, 2.45) is 0 Å². The van der Waals surface area contributed by atoms with Crippen LogP contribution in [0.15, 0.2) is 24.3 Å². The smallest absolute Gasteiger partial charge is 0.161 e. The van der Waals surface area contributed by atoms with Gasteiger partial charge in [-0.05, 0) is 26.0 Å². The van der Waals surface area contributed by atoms with Crippen molar-refractivity contribution in [2.45, 2.75) is 19.9 Å². The van der Waals surface area contributed by atoms with Gasteiger partial charge in [0, 0.05) is 38.1 Å². The van der Waals surface area contributed by atoms with Crippen molar-refractivity contribution < 1.29 is 14.3 Å². The first-order chi connectivity index (χ1) is 9.11. The zero-order valence-electron chi connectivity index (χ0n) is 12.2. The molecule has 0 saturated heterocycles. The van der Waals surface area contributed by atoms with Crippen LogP contribution in [0.2, 0.25) is 0 Å². The van der Waals surface area contributed by atoms with E-state index in [9.17, 15) is 4.79 Å². The summed E-state index contributed by atoms with van der Waals surface area (Å²) in [5.74, 6) is 0.0719. The number of Topliss-reactive ketones (excluding diaryl/α,β-unsaturated/α-hetero) is 1. The molecule has 0 aliphatic heterocycles. The summed E-state index contributed by atoms with van der Waals surface area (Å²) in [6.07, 6.45) is 0. The van der Waals surface area contributed by atoms with Gasteiger partial charge in [-0.2, -0.15) is 0 Å². The highest BCUT2D eigenvalue weighted by molar-refractivity contribution is 5.99. The van der Waals surface area contributed by atoms with Crippen molar-refractivity contribution in [3.05, 3.63) is 29.8 Å². The van der Waals surface area contributed by atoms with Crippen molar-refractivity contribution in [3.63, 3.8) is 0 Å². The standard InChI is InChI=1S/C15H23NO3/c1-12(11-19-4)16(9-10-18-3)15-8-6-5-7-14(15)13(2)17/h5-8,12H,9-11H2,1-4H3. The number of ketones is 1. The van der Waals surface area contributed by atoms with Crippen LogP contribution in [-0.2, 0) is 9.47 Å². The largest absolute Gasteiger partial charge is 0.383 e. The van der Waals surface area contributed by atoms with Crippen LogP contribution in [0, 0.1) is 0 Å². The molecule has 0 heterocycles. The van der Waals surface area contributed by atoms with Crippen LogP contribution in [-0.4, -0.2) is 45.8 Å². The van der Waals surface area contributed by atoms with E-state index >= 15 is 0 Å². The van der Waals surface area contributed by atoms with Crippen LogP contribution in [0.5, 0.6) is 0 Å². The van der Waals surface area contributed by atoms with Crippen molar-refractivity contribution in [2.75, 3.05) is 38.9 Å². The fraction of sp³-hybridized carbons (Fsp3) is 0.533. The number of anilines is 1. The van der Waals surface area contributed by atoms with Gasteiger partial charge in [-0.25, -0.2) is 0 Å². The van der Waals surface area contributed by atoms with Crippen LogP contribution < -0.4 is 4.90 Å². The fourth-order valence-corrected chi connectivity index (χ4v) is 2.12. The maximum absolute atomic E-state index is 11.7. The summed E-state index contributed by atoms with van der Waals surface area (Å²) in [4.78, 5) is 13.9. The zero-order valence-corrected chi connectivity index (χ0v) is 12.2. The van der Waals surface area contributed by atoms with Crippen molar-refractivity contribution in [1.29, 1.82) is 0 Å². The van der Waals surface area contributed by atoms with Crippen LogP contribution in [0.25, 0.3) is 0 Å². The SMILES string of the molecule is COCCN(c1ccccc1C(C)=O)C(C)COC. The number of rotatable bonds is 8. The van der Waals surface area contributed by atoms with Gasteiger partial charge in [-0.1, -0.05) is 12.1 Å². The van der Waals surface area contributed by atoms with E-state index in [4.69, 9.17) is 9.47 Å². The predicted molar refractivity (Wildman–Crippen MR) is 77.0 cm³/mol. The molecule has 106 valence electrons. The Morgan fingerprint density at radius 1 is 1.26 bits per heavy atom. The number of hydrogen-bond donors (Lipinski definition) is 0. The Kier molecular flexibility index (Phi) is 6.53. The molecule has 0 saturated carbocycles. The first kappa shape index (κ1) is 15.7. The number of methoxy groups -OCH3 is 2. The van der Waals surface area contributed by atoms with Gasteiger partial charge in [-0.15, -0.1) is 0 Å². The number of benzene rings is 1. The summed E-state index contributed by atoms with van der Waals surface area (Å²) in [5.41, 5.74) is 1.68. The predicted octanol–water partition coefficient (Wildman–Crippen LogP) is 2.38. The minimum Gasteiger partial charge on any atom is -0.383 e. The van der Waals surface area contributed by atoms with Gasteiger partial charge < -0.3 is 14.4 Å². The third-order valence-corrected chi connectivity index (χ3v) is 3.07. The van der Waals surface area contributed by atoms with E-state index in [0.29, 0.717) is 13.2 Å². The number of nitrogens with zero attached hydrogens (tertiary/aromatic N) is 1. The van der Waals surface area contributed by atoms with Crippen molar-refractivity contribution >= 4 is 11.5 Å². The molecule has 1 aromatic carbocycles. The first-order valence-corrected chi connectivity index (χ1v) is 6.46. The van der Waals surface area contributed by atoms with E-state index in [1.54, 1.807) is 21.1 Å². The first-order valence-electron chi connectivity index (χ1n) is 6.46. The molecular formula is C15H23NO3. The summed E-state index contributed by atoms with van der Waals surface area (Å²) >= 11 is 0. The molecule has 0 aliphatic rings. The van der Waals surface area contributed by atoms with E-state index in [-0.39, 0.29) is 11.8 Å². The normalized spacial score (nSPS) is 12.2. The van der Waals surface area contributed by atoms with Crippen LogP contribution >= 0.6 is 0 Å². The molecule has 0 aromatic heterocycles. The maximum atomic E-state index is 11.7. The van der Waals surface area contributed by atoms with E-state index in [1.165, 1.54) is 0 Å². The summed E-state index contributed by atoms with van der Waals surface area (Å²) in [6.45, 7) is 5.62. The van der Waals surface area contributed by atoms with Crippen LogP contribution in [0.4, 0.5) is 5.69 Å². The van der Waals surface area contributed by atoms with Gasteiger partial charge in [0.25, 0.3) is 0 Å². The van der Waals surface area contributed by atoms with Crippen LogP contribution in [0.3, 0.4) is 0 Å². The molecule has 1 unspecified atom stereocenters. The molecule has 4 nitrogen and oxygen atoms in total. The molecular weight excluding hydrogens is 242 g/mol. The van der Waals surface area contributed by atoms with Gasteiger partial charge in [0.15, 0.2) is 5.78 Å². The third-order valence-electron chi connectivity index (χ3n) is 3.07. The summed E-state index contributed by atoms with van der Waals surface area (Å²) in [6, 6.07) is 7.84. The highest BCUT2D eigenvalue weighted by atomic mass is 16.5. The second-order valence-electron chi connectivity index (χ2n) is 4.56. The van der Waals surface area contributed by atoms with E-state index in [1.807, 2.05) is 24.3 Å². The zero-order chi connectivity index (χ0) is 14.3. The lowest BCUT2D eigenvalue weighted by Crippen LogP contribution is -2.39. The Balaban J connectivity index is 3.05. The quantitative estimate of drug-likeness (QED) is 0.676. The Morgan fingerprint density at radius 3 is 2.53 bits per heavy atom. The van der Waals surface area contributed by atoms with E-state index in [2.05, 4.69) is 11.8 Å². The summed E-state index contributed by atoms with van der Waals surface area (Å²) < 4.78 is 10.4. The molecule has 1 rings (SSSR count). The minimum absolute atomic E-state index is 0.0719. The second-order valence-corrected chi connectivity index (χ2v) is 4.56. The second kappa shape index (κ2) is 7.92.